The Balaban J connectivity index is 1.51. The van der Waals surface area contributed by atoms with Gasteiger partial charge in [0.2, 0.25) is 5.91 Å². The molecule has 0 saturated carbocycles. The third-order valence-corrected chi connectivity index (χ3v) is 6.72. The van der Waals surface area contributed by atoms with Gasteiger partial charge in [0.25, 0.3) is 17.7 Å². The second-order valence-electron chi connectivity index (χ2n) is 9.09. The molecule has 0 unspecified atom stereocenters. The van der Waals surface area contributed by atoms with E-state index in [4.69, 9.17) is 4.74 Å². The van der Waals surface area contributed by atoms with Gasteiger partial charge in [0.1, 0.15) is 5.70 Å². The first-order valence-electron chi connectivity index (χ1n) is 11.9. The smallest absolute Gasteiger partial charge is 0.271 e. The van der Waals surface area contributed by atoms with Crippen LogP contribution in [0.5, 0.6) is 0 Å². The van der Waals surface area contributed by atoms with Gasteiger partial charge in [-0.15, -0.1) is 0 Å². The lowest BCUT2D eigenvalue weighted by Crippen LogP contribution is -2.40. The van der Waals surface area contributed by atoms with Crippen LogP contribution in [0.3, 0.4) is 0 Å². The Bertz CT molecular complexity index is 1330. The summed E-state index contributed by atoms with van der Waals surface area (Å²) in [5.74, 6) is -1.47. The lowest BCUT2D eigenvalue weighted by molar-refractivity contribution is -0.128. The maximum Gasteiger partial charge on any atom is 0.271 e. The second-order valence-corrected chi connectivity index (χ2v) is 9.09. The summed E-state index contributed by atoms with van der Waals surface area (Å²) in [4.78, 5) is 54.8. The Kier molecular flexibility index (Phi) is 7.26. The number of fused-ring (bicyclic) bond motifs is 2. The molecule has 0 spiro atoms. The minimum atomic E-state index is -0.678. The minimum absolute atomic E-state index is 0.0103. The topological polar surface area (TPSA) is 99.3 Å². The first-order valence-corrected chi connectivity index (χ1v) is 11.9. The van der Waals surface area contributed by atoms with Crippen LogP contribution in [0.2, 0.25) is 0 Å². The van der Waals surface area contributed by atoms with Crippen LogP contribution in [0.4, 0.5) is 5.69 Å². The lowest BCUT2D eigenvalue weighted by atomic mass is 9.95. The van der Waals surface area contributed by atoms with E-state index in [1.54, 1.807) is 24.9 Å². The molecule has 37 heavy (non-hydrogen) atoms. The molecule has 1 N–H and O–H groups in total. The molecule has 2 aliphatic rings. The van der Waals surface area contributed by atoms with Crippen molar-refractivity contribution in [3.8, 4) is 11.1 Å². The van der Waals surface area contributed by atoms with E-state index in [2.05, 4.69) is 24.5 Å². The molecule has 9 heteroatoms. The van der Waals surface area contributed by atoms with Crippen LogP contribution in [0.15, 0.2) is 61.0 Å². The van der Waals surface area contributed by atoms with E-state index in [0.717, 1.165) is 34.4 Å². The molecule has 9 nitrogen and oxygen atoms in total. The molecular formula is C28H30N4O5. The van der Waals surface area contributed by atoms with Gasteiger partial charge in [0.05, 0.1) is 18.8 Å². The number of methoxy groups -OCH3 is 1. The fourth-order valence-electron chi connectivity index (χ4n) is 4.66. The molecule has 0 radical (unpaired) electrons. The Hall–Kier alpha value is -4.24. The first kappa shape index (κ1) is 25.8. The molecule has 0 aromatic heterocycles. The van der Waals surface area contributed by atoms with E-state index in [1.165, 1.54) is 16.9 Å². The summed E-state index contributed by atoms with van der Waals surface area (Å²) in [6, 6.07) is 11.4. The van der Waals surface area contributed by atoms with E-state index < -0.39 is 11.8 Å². The van der Waals surface area contributed by atoms with Gasteiger partial charge < -0.3 is 19.9 Å². The van der Waals surface area contributed by atoms with Gasteiger partial charge in [-0.25, -0.2) is 0 Å². The first-order chi connectivity index (χ1) is 17.6. The van der Waals surface area contributed by atoms with Gasteiger partial charge in [0.15, 0.2) is 0 Å². The monoisotopic (exact) mass is 502 g/mol. The average molecular weight is 503 g/mol. The van der Waals surface area contributed by atoms with Crippen LogP contribution in [-0.4, -0.2) is 67.3 Å². The molecule has 2 aromatic rings. The zero-order valence-corrected chi connectivity index (χ0v) is 21.3. The van der Waals surface area contributed by atoms with Gasteiger partial charge in [-0.05, 0) is 46.9 Å². The third-order valence-electron chi connectivity index (χ3n) is 6.72. The maximum atomic E-state index is 13.2. The second kappa shape index (κ2) is 10.4. The van der Waals surface area contributed by atoms with Crippen molar-refractivity contribution in [3.63, 3.8) is 0 Å². The third kappa shape index (κ3) is 4.90. The zero-order chi connectivity index (χ0) is 26.9. The van der Waals surface area contributed by atoms with Gasteiger partial charge in [-0.3, -0.25) is 24.1 Å². The number of rotatable bonds is 8. The molecule has 192 valence electrons. The molecular weight excluding hydrogens is 472 g/mol. The number of nitrogens with zero attached hydrogens (tertiary/aromatic N) is 3. The van der Waals surface area contributed by atoms with Crippen LogP contribution in [0.25, 0.3) is 11.1 Å². The molecule has 2 aliphatic heterocycles. The number of hydrogen-bond acceptors (Lipinski definition) is 5. The molecule has 0 saturated heterocycles. The van der Waals surface area contributed by atoms with Crippen LogP contribution >= 0.6 is 0 Å². The molecule has 0 atom stereocenters. The number of anilines is 1. The van der Waals surface area contributed by atoms with E-state index in [-0.39, 0.29) is 29.8 Å². The molecule has 0 fully saturated rings. The van der Waals surface area contributed by atoms with Gasteiger partial charge in [-0.2, -0.15) is 0 Å². The van der Waals surface area contributed by atoms with Crippen molar-refractivity contribution in [2.24, 2.45) is 0 Å². The van der Waals surface area contributed by atoms with E-state index >= 15 is 0 Å². The molecule has 2 aromatic carbocycles. The number of amides is 4. The van der Waals surface area contributed by atoms with Crippen molar-refractivity contribution in [2.75, 3.05) is 38.8 Å². The maximum absolute atomic E-state index is 13.2. The lowest BCUT2D eigenvalue weighted by Gasteiger charge is -2.21. The standard InChI is InChI=1S/C28H30N4O5/c1-17(27(35)30(4)13-14-37-5)29-26(34)18(2)32-16-24-22(7-6-8-23(24)28(32)36)20-9-10-25-21(15-20)11-12-31(25)19(3)33/h6-10,15H,1-2,11-14,16H2,3-5H3,(H,29,34). The van der Waals surface area contributed by atoms with Crippen LogP contribution in [0.1, 0.15) is 28.4 Å². The predicted octanol–water partition coefficient (Wildman–Crippen LogP) is 2.47. The highest BCUT2D eigenvalue weighted by molar-refractivity contribution is 6.08. The Morgan fingerprint density at radius 2 is 1.84 bits per heavy atom. The SMILES string of the molecule is C=C(NC(=O)C(=C)N1Cc2c(cccc2-c2ccc3c(c2)CCN3C(C)=O)C1=O)C(=O)N(C)CCOC. The highest BCUT2D eigenvalue weighted by atomic mass is 16.5. The van der Waals surface area contributed by atoms with Crippen LogP contribution in [-0.2, 0) is 32.1 Å². The highest BCUT2D eigenvalue weighted by Crippen LogP contribution is 2.37. The number of ether oxygens (including phenoxy) is 1. The van der Waals surface area contributed by atoms with Crippen molar-refractivity contribution in [3.05, 3.63) is 77.6 Å². The summed E-state index contributed by atoms with van der Waals surface area (Å²) in [6.07, 6.45) is 0.767. The van der Waals surface area contributed by atoms with Gasteiger partial charge >= 0.3 is 0 Å². The fraction of sp³-hybridized carbons (Fsp3) is 0.286. The van der Waals surface area contributed by atoms with Gasteiger partial charge in [-0.1, -0.05) is 31.4 Å². The fourth-order valence-corrected chi connectivity index (χ4v) is 4.66. The van der Waals surface area contributed by atoms with Crippen molar-refractivity contribution in [2.45, 2.75) is 19.9 Å². The average Bonchev–Trinajstić information content (AvgIpc) is 3.47. The molecule has 4 amide bonds. The summed E-state index contributed by atoms with van der Waals surface area (Å²) >= 11 is 0. The number of carbonyl (C=O) groups excluding carboxylic acids is 4. The van der Waals surface area contributed by atoms with Crippen molar-refractivity contribution >= 4 is 29.3 Å². The van der Waals surface area contributed by atoms with Crippen molar-refractivity contribution in [1.82, 2.24) is 15.1 Å². The Labute approximate surface area is 216 Å². The number of nitrogens with one attached hydrogen (secondary N) is 1. The number of benzene rings is 2. The number of carbonyl (C=O) groups is 4. The summed E-state index contributed by atoms with van der Waals surface area (Å²) in [7, 11) is 3.11. The van der Waals surface area contributed by atoms with Gasteiger partial charge in [0, 0.05) is 45.4 Å². The molecule has 2 heterocycles. The molecule has 0 aliphatic carbocycles. The van der Waals surface area contributed by atoms with Crippen LogP contribution in [0, 0.1) is 0 Å². The normalized spacial score (nSPS) is 13.8. The highest BCUT2D eigenvalue weighted by Gasteiger charge is 2.34. The van der Waals surface area contributed by atoms with Crippen molar-refractivity contribution in [1.29, 1.82) is 0 Å². The summed E-state index contributed by atoms with van der Waals surface area (Å²) in [5.41, 5.74) is 4.89. The van der Waals surface area contributed by atoms with Crippen LogP contribution < -0.4 is 10.2 Å². The summed E-state index contributed by atoms with van der Waals surface area (Å²) in [6.45, 7) is 10.5. The summed E-state index contributed by atoms with van der Waals surface area (Å²) in [5, 5.41) is 2.46. The van der Waals surface area contributed by atoms with E-state index in [1.807, 2.05) is 24.3 Å². The Morgan fingerprint density at radius 1 is 1.11 bits per heavy atom. The quantitative estimate of drug-likeness (QED) is 0.559. The van der Waals surface area contributed by atoms with E-state index in [9.17, 15) is 19.2 Å². The number of likely N-dealkylation sites (N-methyl/N-ethyl adjacent to an activating group) is 1. The largest absolute Gasteiger partial charge is 0.383 e. The molecule has 0 bridgehead atoms. The number of hydrogen-bond donors (Lipinski definition) is 1. The van der Waals surface area contributed by atoms with Crippen molar-refractivity contribution < 1.29 is 23.9 Å². The Morgan fingerprint density at radius 3 is 2.54 bits per heavy atom. The molecule has 4 rings (SSSR count). The zero-order valence-electron chi connectivity index (χ0n) is 21.3. The summed E-state index contributed by atoms with van der Waals surface area (Å²) < 4.78 is 4.96. The van der Waals surface area contributed by atoms with E-state index in [0.29, 0.717) is 25.3 Å². The minimum Gasteiger partial charge on any atom is -0.383 e. The predicted molar refractivity (Wildman–Crippen MR) is 139 cm³/mol.